The molecule has 0 bridgehead atoms. The predicted molar refractivity (Wildman–Crippen MR) is 109 cm³/mol. The van der Waals surface area contributed by atoms with Gasteiger partial charge in [-0.1, -0.05) is 22.7 Å². The number of thioether (sulfide) groups is 1. The molecule has 1 fully saturated rings. The number of hydrogen-bond donors (Lipinski definition) is 3. The van der Waals surface area contributed by atoms with Gasteiger partial charge >= 0.3 is 5.97 Å². The molecule has 2 aliphatic rings. The standard InChI is InChI=1S/C16H12ClN5O6S2/c1-2-3-28-21-9(8-5-30-16(19-8)18-6-23)12(24)20-10-13(25)22-11(15(26)27)7(17)4-29-14(10)22/h1,5-6,10,14H,3-4H2,(H,20,24)(H,26,27)(H,18,19,23)/b21-9-/t10?,14-/m1/s1. The number of carbonyl (C=O) groups is 4. The van der Waals surface area contributed by atoms with Crippen molar-refractivity contribution >= 4 is 69.7 Å². The molecule has 1 saturated heterocycles. The lowest BCUT2D eigenvalue weighted by Gasteiger charge is -2.48. The van der Waals surface area contributed by atoms with E-state index in [1.807, 2.05) is 0 Å². The molecule has 0 radical (unpaired) electrons. The summed E-state index contributed by atoms with van der Waals surface area (Å²) in [5.74, 6) is -0.363. The van der Waals surface area contributed by atoms with Crippen molar-refractivity contribution < 1.29 is 29.1 Å². The Hall–Kier alpha value is -3.08. The Labute approximate surface area is 182 Å². The fourth-order valence-electron chi connectivity index (χ4n) is 2.63. The number of carbonyl (C=O) groups excluding carboxylic acids is 3. The molecule has 3 amide bonds. The van der Waals surface area contributed by atoms with Gasteiger partial charge < -0.3 is 20.6 Å². The number of amides is 3. The summed E-state index contributed by atoms with van der Waals surface area (Å²) in [4.78, 5) is 57.2. The van der Waals surface area contributed by atoms with Gasteiger partial charge in [-0.15, -0.1) is 29.5 Å². The maximum absolute atomic E-state index is 12.8. The Bertz CT molecular complexity index is 1020. The quantitative estimate of drug-likeness (QED) is 0.120. The van der Waals surface area contributed by atoms with Crippen LogP contribution in [0, 0.1) is 12.3 Å². The summed E-state index contributed by atoms with van der Waals surface area (Å²) in [6.07, 6.45) is 5.53. The van der Waals surface area contributed by atoms with Crippen LogP contribution in [0.2, 0.25) is 0 Å². The minimum absolute atomic E-state index is 0.0458. The summed E-state index contributed by atoms with van der Waals surface area (Å²) in [5.41, 5.74) is -0.473. The summed E-state index contributed by atoms with van der Waals surface area (Å²) in [5, 5.41) is 18.9. The summed E-state index contributed by atoms with van der Waals surface area (Å²) < 4.78 is 0. The maximum atomic E-state index is 12.8. The van der Waals surface area contributed by atoms with Crippen molar-refractivity contribution in [2.24, 2.45) is 5.16 Å². The van der Waals surface area contributed by atoms with Gasteiger partial charge in [-0.25, -0.2) is 9.78 Å². The zero-order valence-corrected chi connectivity index (χ0v) is 17.2. The number of terminal acetylenes is 1. The highest BCUT2D eigenvalue weighted by atomic mass is 35.5. The van der Waals surface area contributed by atoms with Crippen LogP contribution in [0.5, 0.6) is 0 Å². The number of aliphatic carboxylic acids is 1. The van der Waals surface area contributed by atoms with E-state index in [-0.39, 0.29) is 39.6 Å². The van der Waals surface area contributed by atoms with Gasteiger partial charge in [0.25, 0.3) is 11.8 Å². The number of carboxylic acid groups (broad SMARTS) is 1. The Morgan fingerprint density at radius 3 is 3.00 bits per heavy atom. The van der Waals surface area contributed by atoms with Crippen LogP contribution in [0.3, 0.4) is 0 Å². The minimum atomic E-state index is -1.33. The third-order valence-electron chi connectivity index (χ3n) is 3.86. The fourth-order valence-corrected chi connectivity index (χ4v) is 4.83. The third kappa shape index (κ3) is 4.11. The first-order valence-corrected chi connectivity index (χ1v) is 10.4. The van der Waals surface area contributed by atoms with Gasteiger partial charge in [-0.2, -0.15) is 0 Å². The molecule has 156 valence electrons. The highest BCUT2D eigenvalue weighted by molar-refractivity contribution is 8.00. The summed E-state index contributed by atoms with van der Waals surface area (Å²) in [6, 6.07) is -0.995. The number of hydrogen-bond acceptors (Lipinski definition) is 9. The van der Waals surface area contributed by atoms with Gasteiger partial charge in [-0.3, -0.25) is 19.3 Å². The van der Waals surface area contributed by atoms with Crippen molar-refractivity contribution in [3.63, 3.8) is 0 Å². The number of anilines is 1. The number of nitrogens with one attached hydrogen (secondary N) is 2. The average Bonchev–Trinajstić information content (AvgIpc) is 3.17. The molecular formula is C16H12ClN5O6S2. The summed E-state index contributed by atoms with van der Waals surface area (Å²) in [6.45, 7) is -0.208. The van der Waals surface area contributed by atoms with Gasteiger partial charge in [0.1, 0.15) is 22.8 Å². The van der Waals surface area contributed by atoms with E-state index < -0.39 is 29.2 Å². The Morgan fingerprint density at radius 1 is 1.57 bits per heavy atom. The van der Waals surface area contributed by atoms with Crippen LogP contribution in [0.1, 0.15) is 5.69 Å². The molecule has 1 unspecified atom stereocenters. The fraction of sp³-hybridized carbons (Fsp3) is 0.250. The molecule has 0 aromatic carbocycles. The third-order valence-corrected chi connectivity index (χ3v) is 6.38. The van der Waals surface area contributed by atoms with Crippen LogP contribution >= 0.6 is 34.7 Å². The molecule has 0 spiro atoms. The number of thiazole rings is 1. The van der Waals surface area contributed by atoms with Gasteiger partial charge in [0, 0.05) is 11.1 Å². The smallest absolute Gasteiger partial charge is 0.353 e. The van der Waals surface area contributed by atoms with E-state index >= 15 is 0 Å². The molecule has 14 heteroatoms. The van der Waals surface area contributed by atoms with Crippen molar-refractivity contribution in [3.05, 3.63) is 21.8 Å². The number of fused-ring (bicyclic) bond motifs is 1. The van der Waals surface area contributed by atoms with Crippen molar-refractivity contribution in [1.29, 1.82) is 0 Å². The number of rotatable bonds is 8. The van der Waals surface area contributed by atoms with E-state index in [4.69, 9.17) is 22.9 Å². The second kappa shape index (κ2) is 9.16. The van der Waals surface area contributed by atoms with Crippen molar-refractivity contribution in [2.75, 3.05) is 17.7 Å². The molecule has 1 aromatic heterocycles. The molecule has 3 N–H and O–H groups in total. The van der Waals surface area contributed by atoms with Gasteiger partial charge in [-0.05, 0) is 0 Å². The highest BCUT2D eigenvalue weighted by Gasteiger charge is 2.54. The molecule has 2 atom stereocenters. The molecule has 2 aliphatic heterocycles. The summed E-state index contributed by atoms with van der Waals surface area (Å²) >= 11 is 8.18. The number of aromatic nitrogens is 1. The lowest BCUT2D eigenvalue weighted by molar-refractivity contribution is -0.150. The SMILES string of the molecule is C#CCO/N=C(\C(=O)NC1C(=O)N2C(C(=O)O)=C(Cl)CS[C@H]12)c1csc(NC=O)n1. The first kappa shape index (κ1) is 21.6. The van der Waals surface area contributed by atoms with Crippen LogP contribution in [0.4, 0.5) is 5.13 Å². The lowest BCUT2D eigenvalue weighted by atomic mass is 10.0. The average molecular weight is 470 g/mol. The normalized spacial score (nSPS) is 20.6. The number of nitrogens with zero attached hydrogens (tertiary/aromatic N) is 3. The maximum Gasteiger partial charge on any atom is 0.353 e. The Kier molecular flexibility index (Phi) is 6.60. The second-order valence-electron chi connectivity index (χ2n) is 5.64. The molecule has 1 aromatic rings. The van der Waals surface area contributed by atoms with E-state index in [1.165, 1.54) is 17.1 Å². The number of oxime groups is 1. The Morgan fingerprint density at radius 2 is 2.33 bits per heavy atom. The minimum Gasteiger partial charge on any atom is -0.477 e. The molecular weight excluding hydrogens is 458 g/mol. The second-order valence-corrected chi connectivity index (χ2v) is 8.06. The van der Waals surface area contributed by atoms with Crippen LogP contribution < -0.4 is 10.6 Å². The summed E-state index contributed by atoms with van der Waals surface area (Å²) in [7, 11) is 0. The van der Waals surface area contributed by atoms with Gasteiger partial charge in [0.05, 0.1) is 5.03 Å². The van der Waals surface area contributed by atoms with Crippen LogP contribution in [-0.4, -0.2) is 68.7 Å². The topological polar surface area (TPSA) is 150 Å². The van der Waals surface area contributed by atoms with Crippen molar-refractivity contribution in [2.45, 2.75) is 11.4 Å². The molecule has 30 heavy (non-hydrogen) atoms. The number of β-lactam (4-membered cyclic amide) rings is 1. The van der Waals surface area contributed by atoms with E-state index in [0.29, 0.717) is 6.41 Å². The van der Waals surface area contributed by atoms with Crippen molar-refractivity contribution in [1.82, 2.24) is 15.2 Å². The first-order chi connectivity index (χ1) is 14.4. The monoisotopic (exact) mass is 469 g/mol. The van der Waals surface area contributed by atoms with E-state index in [0.717, 1.165) is 16.2 Å². The molecule has 3 heterocycles. The zero-order valence-electron chi connectivity index (χ0n) is 14.8. The highest BCUT2D eigenvalue weighted by Crippen LogP contribution is 2.41. The van der Waals surface area contributed by atoms with Crippen LogP contribution in [0.25, 0.3) is 0 Å². The Balaban J connectivity index is 1.79. The van der Waals surface area contributed by atoms with Crippen molar-refractivity contribution in [3.8, 4) is 12.3 Å². The number of halogens is 1. The molecule has 0 aliphatic carbocycles. The van der Waals surface area contributed by atoms with Gasteiger partial charge in [0.15, 0.2) is 17.5 Å². The molecule has 0 saturated carbocycles. The van der Waals surface area contributed by atoms with E-state index in [2.05, 4.69) is 26.7 Å². The first-order valence-electron chi connectivity index (χ1n) is 8.06. The molecule has 3 rings (SSSR count). The number of carboxylic acids is 1. The predicted octanol–water partition coefficient (Wildman–Crippen LogP) is 0.000200. The zero-order chi connectivity index (χ0) is 21.8. The molecule has 11 nitrogen and oxygen atoms in total. The largest absolute Gasteiger partial charge is 0.477 e. The lowest BCUT2D eigenvalue weighted by Crippen LogP contribution is -2.71. The van der Waals surface area contributed by atoms with Gasteiger partial charge in [0.2, 0.25) is 6.41 Å². The van der Waals surface area contributed by atoms with Crippen LogP contribution in [-0.2, 0) is 24.0 Å². The van der Waals surface area contributed by atoms with E-state index in [9.17, 15) is 24.3 Å². The van der Waals surface area contributed by atoms with E-state index in [1.54, 1.807) is 0 Å². The van der Waals surface area contributed by atoms with Crippen LogP contribution in [0.15, 0.2) is 21.3 Å².